The smallest absolute Gasteiger partial charge is 0.232 e. The molecule has 0 amide bonds. The van der Waals surface area contributed by atoms with Gasteiger partial charge in [-0.3, -0.25) is 0 Å². The largest absolute Gasteiger partial charge is 0.251 e. The first-order chi connectivity index (χ1) is 3.89. The Hall–Kier alpha value is -0.600. The van der Waals surface area contributed by atoms with Gasteiger partial charge in [0, 0.05) is 6.42 Å². The van der Waals surface area contributed by atoms with Gasteiger partial charge in [-0.2, -0.15) is 0 Å². The van der Waals surface area contributed by atoms with Crippen molar-refractivity contribution < 1.29 is 9.76 Å². The zero-order valence-corrected chi connectivity index (χ0v) is 4.67. The fourth-order valence-electron chi connectivity index (χ4n) is 0.643. The lowest BCUT2D eigenvalue weighted by Gasteiger charge is -1.83. The van der Waals surface area contributed by atoms with Gasteiger partial charge in [-0.1, -0.05) is 0 Å². The molecule has 0 bridgehead atoms. The van der Waals surface area contributed by atoms with E-state index in [4.69, 9.17) is 0 Å². The van der Waals surface area contributed by atoms with E-state index in [1.807, 2.05) is 6.42 Å². The third kappa shape index (κ3) is 1.48. The molecule has 45 valence electrons. The van der Waals surface area contributed by atoms with Gasteiger partial charge in [0.25, 0.3) is 6.54 Å². The summed E-state index contributed by atoms with van der Waals surface area (Å²) in [6.45, 7) is 0.986. The van der Waals surface area contributed by atoms with Gasteiger partial charge in [-0.15, -0.1) is 0 Å². The van der Waals surface area contributed by atoms with E-state index in [1.165, 1.54) is 0 Å². The van der Waals surface area contributed by atoms with Gasteiger partial charge in [-0.25, -0.2) is 4.84 Å². The molecule has 0 spiro atoms. The van der Waals surface area contributed by atoms with Crippen LogP contribution in [-0.2, 0) is 4.84 Å². The van der Waals surface area contributed by atoms with Gasteiger partial charge < -0.3 is 0 Å². The van der Waals surface area contributed by atoms with Crippen LogP contribution in [0.1, 0.15) is 12.8 Å². The molecule has 3 nitrogen and oxygen atoms in total. The predicted octanol–water partition coefficient (Wildman–Crippen LogP) is 0.695. The average molecular weight is 115 g/mol. The first-order valence-electron chi connectivity index (χ1n) is 2.79. The summed E-state index contributed by atoms with van der Waals surface area (Å²) in [7, 11) is 0. The number of rotatable bonds is 0. The minimum atomic E-state index is 0.417. The van der Waals surface area contributed by atoms with E-state index in [2.05, 4.69) is 4.84 Å². The maximum absolute atomic E-state index is 10.3. The van der Waals surface area contributed by atoms with Crippen LogP contribution >= 0.6 is 0 Å². The van der Waals surface area contributed by atoms with Crippen molar-refractivity contribution in [2.24, 2.45) is 0 Å². The third-order valence-corrected chi connectivity index (χ3v) is 1.07. The van der Waals surface area contributed by atoms with Crippen LogP contribution in [0.25, 0.3) is 0 Å². The fourth-order valence-corrected chi connectivity index (χ4v) is 0.643. The third-order valence-electron chi connectivity index (χ3n) is 1.07. The Morgan fingerprint density at radius 2 is 2.50 bits per heavy atom. The Morgan fingerprint density at radius 1 is 1.62 bits per heavy atom. The minimum Gasteiger partial charge on any atom is -0.232 e. The standard InChI is InChI=1S/C5H9NO2/c7-6-4-2-1-3-5-8-6/h2H,1,3-5H2/q+1. The molecule has 1 rings (SSSR count). The highest BCUT2D eigenvalue weighted by atomic mass is 16.8. The number of hydrogen-bond donors (Lipinski definition) is 0. The summed E-state index contributed by atoms with van der Waals surface area (Å²) >= 11 is 0. The van der Waals surface area contributed by atoms with Crippen molar-refractivity contribution in [3.8, 4) is 0 Å². The molecule has 3 heteroatoms. The Morgan fingerprint density at radius 3 is 3.38 bits per heavy atom. The molecular formula is C5H9NO2+. The van der Waals surface area contributed by atoms with E-state index in [-0.39, 0.29) is 0 Å². The van der Waals surface area contributed by atoms with Crippen molar-refractivity contribution in [2.75, 3.05) is 13.2 Å². The molecule has 8 heavy (non-hydrogen) atoms. The summed E-state index contributed by atoms with van der Waals surface area (Å²) in [5, 5.41) is 0. The second-order valence-corrected chi connectivity index (χ2v) is 1.78. The highest BCUT2D eigenvalue weighted by molar-refractivity contribution is 4.61. The highest BCUT2D eigenvalue weighted by Crippen LogP contribution is 2.00. The monoisotopic (exact) mass is 115 g/mol. The van der Waals surface area contributed by atoms with E-state index >= 15 is 0 Å². The molecule has 1 aliphatic heterocycles. The number of hydrogen-bond acceptors (Lipinski definition) is 2. The quantitative estimate of drug-likeness (QED) is 0.465. The topological polar surface area (TPSA) is 29.3 Å². The van der Waals surface area contributed by atoms with Crippen LogP contribution in [-0.4, -0.2) is 18.1 Å². The normalized spacial score (nSPS) is 21.8. The van der Waals surface area contributed by atoms with Crippen LogP contribution in [0.4, 0.5) is 0 Å². The molecule has 1 fully saturated rings. The van der Waals surface area contributed by atoms with Gasteiger partial charge in [0.1, 0.15) is 0 Å². The second-order valence-electron chi connectivity index (χ2n) is 1.78. The van der Waals surface area contributed by atoms with Gasteiger partial charge >= 0.3 is 0 Å². The molecule has 0 saturated carbocycles. The molecule has 0 aromatic rings. The molecule has 1 saturated heterocycles. The molecule has 0 aromatic carbocycles. The van der Waals surface area contributed by atoms with E-state index in [0.29, 0.717) is 18.1 Å². The van der Waals surface area contributed by atoms with Crippen LogP contribution in [0.3, 0.4) is 0 Å². The maximum atomic E-state index is 10.3. The summed E-state index contributed by atoms with van der Waals surface area (Å²) in [4.78, 5) is 15.6. The highest BCUT2D eigenvalue weighted by Gasteiger charge is 2.12. The van der Waals surface area contributed by atoms with Gasteiger partial charge in [0.15, 0.2) is 6.61 Å². The lowest BCUT2D eigenvalue weighted by atomic mass is 10.2. The summed E-state index contributed by atoms with van der Waals surface area (Å²) in [6.07, 6.45) is 3.90. The van der Waals surface area contributed by atoms with Crippen molar-refractivity contribution in [3.05, 3.63) is 11.3 Å². The summed E-state index contributed by atoms with van der Waals surface area (Å²) in [5.41, 5.74) is 0. The van der Waals surface area contributed by atoms with Crippen LogP contribution in [0.2, 0.25) is 0 Å². The van der Waals surface area contributed by atoms with Crippen LogP contribution in [0.5, 0.6) is 0 Å². The van der Waals surface area contributed by atoms with Crippen LogP contribution in [0, 0.1) is 11.3 Å². The molecule has 0 atom stereocenters. The Balaban J connectivity index is 2.27. The Bertz CT molecular complexity index is 82.4. The van der Waals surface area contributed by atoms with Crippen molar-refractivity contribution in [3.63, 3.8) is 0 Å². The van der Waals surface area contributed by atoms with Crippen molar-refractivity contribution in [2.45, 2.75) is 12.8 Å². The molecule has 1 heterocycles. The molecule has 1 radical (unpaired) electrons. The molecular weight excluding hydrogens is 106 g/mol. The van der Waals surface area contributed by atoms with E-state index in [0.717, 1.165) is 12.8 Å². The zero-order valence-electron chi connectivity index (χ0n) is 4.67. The van der Waals surface area contributed by atoms with Crippen molar-refractivity contribution in [1.82, 2.24) is 0 Å². The lowest BCUT2D eigenvalue weighted by Crippen LogP contribution is -2.07. The summed E-state index contributed by atoms with van der Waals surface area (Å²) in [5.74, 6) is 0. The van der Waals surface area contributed by atoms with E-state index in [9.17, 15) is 4.91 Å². The van der Waals surface area contributed by atoms with Crippen molar-refractivity contribution >= 4 is 0 Å². The first kappa shape index (κ1) is 5.54. The SMILES string of the molecule is O=[N+]1C[CH]CCCO1. The molecule has 0 aliphatic carbocycles. The van der Waals surface area contributed by atoms with Gasteiger partial charge in [0.05, 0.1) is 4.91 Å². The van der Waals surface area contributed by atoms with E-state index in [1.54, 1.807) is 0 Å². The van der Waals surface area contributed by atoms with Gasteiger partial charge in [-0.05, 0) is 12.8 Å². The molecule has 0 aromatic heterocycles. The minimum absolute atomic E-state index is 0.417. The first-order valence-corrected chi connectivity index (χ1v) is 2.79. The lowest BCUT2D eigenvalue weighted by molar-refractivity contribution is -0.797. The molecule has 1 aliphatic rings. The Labute approximate surface area is 48.2 Å². The number of nitrogens with zero attached hydrogens (tertiary/aromatic N) is 1. The second kappa shape index (κ2) is 2.64. The predicted molar refractivity (Wildman–Crippen MR) is 28.0 cm³/mol. The average Bonchev–Trinajstić information content (AvgIpc) is 1.94. The van der Waals surface area contributed by atoms with Crippen LogP contribution < -0.4 is 0 Å². The summed E-state index contributed by atoms with van der Waals surface area (Å²) < 4.78 is 0. The zero-order chi connectivity index (χ0) is 5.82. The molecule has 0 N–H and O–H groups in total. The molecule has 0 unspecified atom stereocenters. The van der Waals surface area contributed by atoms with Crippen LogP contribution in [0.15, 0.2) is 0 Å². The van der Waals surface area contributed by atoms with Crippen molar-refractivity contribution in [1.29, 1.82) is 0 Å². The van der Waals surface area contributed by atoms with Gasteiger partial charge in [0.2, 0.25) is 4.92 Å². The maximum Gasteiger partial charge on any atom is 0.251 e. The summed E-state index contributed by atoms with van der Waals surface area (Å²) in [6, 6.07) is 0. The fraction of sp³-hybridized carbons (Fsp3) is 0.800. The van der Waals surface area contributed by atoms with E-state index < -0.39 is 0 Å². The Kier molecular flexibility index (Phi) is 1.83.